The fourth-order valence-electron chi connectivity index (χ4n) is 1.78. The number of hydrogen-bond acceptors (Lipinski definition) is 1. The minimum atomic E-state index is -4.27. The lowest BCUT2D eigenvalue weighted by atomic mass is 10.1. The number of aliphatic hydroxyl groups excluding tert-OH is 1. The van der Waals surface area contributed by atoms with Crippen molar-refractivity contribution in [2.45, 2.75) is 18.5 Å². The van der Waals surface area contributed by atoms with Gasteiger partial charge in [0, 0.05) is 6.61 Å². The van der Waals surface area contributed by atoms with Crippen LogP contribution in [-0.2, 0) is 6.18 Å². The van der Waals surface area contributed by atoms with Crippen molar-refractivity contribution < 1.29 is 18.3 Å². The van der Waals surface area contributed by atoms with Crippen LogP contribution in [-0.4, -0.2) is 11.7 Å². The second-order valence-electron chi connectivity index (χ2n) is 3.90. The highest BCUT2D eigenvalue weighted by atomic mass is 19.4. The first-order valence-electron chi connectivity index (χ1n) is 4.80. The molecule has 1 saturated carbocycles. The zero-order valence-electron chi connectivity index (χ0n) is 7.96. The standard InChI is InChI=1S/C11H11F3O/c12-11(13,14)9-3-1-7(2-4-9)10-5-8(10)6-15/h1-4,8,10,15H,5-6H2/t8-,10-/m1/s1. The summed E-state index contributed by atoms with van der Waals surface area (Å²) in [7, 11) is 0. The first-order chi connectivity index (χ1) is 7.02. The van der Waals surface area contributed by atoms with Crippen molar-refractivity contribution in [2.75, 3.05) is 6.61 Å². The van der Waals surface area contributed by atoms with Gasteiger partial charge in [0.15, 0.2) is 0 Å². The van der Waals surface area contributed by atoms with Gasteiger partial charge in [0.05, 0.1) is 5.56 Å². The summed E-state index contributed by atoms with van der Waals surface area (Å²) >= 11 is 0. The summed E-state index contributed by atoms with van der Waals surface area (Å²) in [6.45, 7) is 0.117. The summed E-state index contributed by atoms with van der Waals surface area (Å²) in [6.07, 6.45) is -3.39. The smallest absolute Gasteiger partial charge is 0.396 e. The van der Waals surface area contributed by atoms with Crippen LogP contribution in [0.15, 0.2) is 24.3 Å². The second kappa shape index (κ2) is 3.52. The molecule has 4 heteroatoms. The summed E-state index contributed by atoms with van der Waals surface area (Å²) < 4.78 is 36.7. The van der Waals surface area contributed by atoms with Gasteiger partial charge in [0.2, 0.25) is 0 Å². The van der Waals surface area contributed by atoms with Gasteiger partial charge in [-0.1, -0.05) is 12.1 Å². The lowest BCUT2D eigenvalue weighted by Gasteiger charge is -2.07. The van der Waals surface area contributed by atoms with Crippen molar-refractivity contribution in [3.63, 3.8) is 0 Å². The minimum absolute atomic E-state index is 0.117. The van der Waals surface area contributed by atoms with Gasteiger partial charge in [-0.2, -0.15) is 13.2 Å². The molecule has 1 aliphatic rings. The van der Waals surface area contributed by atoms with E-state index in [2.05, 4.69) is 0 Å². The van der Waals surface area contributed by atoms with Crippen molar-refractivity contribution in [1.29, 1.82) is 0 Å². The molecule has 0 heterocycles. The molecule has 82 valence electrons. The molecule has 1 aromatic carbocycles. The van der Waals surface area contributed by atoms with Gasteiger partial charge >= 0.3 is 6.18 Å². The van der Waals surface area contributed by atoms with Crippen molar-refractivity contribution >= 4 is 0 Å². The number of halogens is 3. The molecule has 2 atom stereocenters. The third-order valence-corrected chi connectivity index (χ3v) is 2.82. The summed E-state index contributed by atoms with van der Waals surface area (Å²) in [5, 5.41) is 8.84. The highest BCUT2D eigenvalue weighted by molar-refractivity contribution is 5.30. The molecular weight excluding hydrogens is 205 g/mol. The molecular formula is C11H11F3O. The van der Waals surface area contributed by atoms with Crippen LogP contribution in [0.2, 0.25) is 0 Å². The van der Waals surface area contributed by atoms with Gasteiger partial charge in [-0.15, -0.1) is 0 Å². The molecule has 0 unspecified atom stereocenters. The van der Waals surface area contributed by atoms with E-state index < -0.39 is 11.7 Å². The summed E-state index contributed by atoms with van der Waals surface area (Å²) in [4.78, 5) is 0. The van der Waals surface area contributed by atoms with Crippen LogP contribution in [0.1, 0.15) is 23.5 Å². The van der Waals surface area contributed by atoms with E-state index in [1.807, 2.05) is 0 Å². The van der Waals surface area contributed by atoms with Gasteiger partial charge in [0.1, 0.15) is 0 Å². The number of alkyl halides is 3. The summed E-state index contributed by atoms with van der Waals surface area (Å²) in [5.74, 6) is 0.485. The van der Waals surface area contributed by atoms with Crippen LogP contribution in [0.5, 0.6) is 0 Å². The van der Waals surface area contributed by atoms with E-state index >= 15 is 0 Å². The molecule has 1 aromatic rings. The van der Waals surface area contributed by atoms with Crippen LogP contribution >= 0.6 is 0 Å². The Labute approximate surface area is 85.5 Å². The van der Waals surface area contributed by atoms with E-state index in [1.165, 1.54) is 12.1 Å². The molecule has 0 aromatic heterocycles. The Morgan fingerprint density at radius 1 is 1.20 bits per heavy atom. The number of aliphatic hydroxyl groups is 1. The molecule has 1 aliphatic carbocycles. The quantitative estimate of drug-likeness (QED) is 0.805. The van der Waals surface area contributed by atoms with Gasteiger partial charge in [-0.25, -0.2) is 0 Å². The average molecular weight is 216 g/mol. The lowest BCUT2D eigenvalue weighted by Crippen LogP contribution is -2.04. The number of benzene rings is 1. The largest absolute Gasteiger partial charge is 0.416 e. The number of hydrogen-bond donors (Lipinski definition) is 1. The Bertz CT molecular complexity index is 342. The van der Waals surface area contributed by atoms with E-state index in [1.54, 1.807) is 0 Å². The van der Waals surface area contributed by atoms with Gasteiger partial charge in [0.25, 0.3) is 0 Å². The van der Waals surface area contributed by atoms with Crippen molar-refractivity contribution in [1.82, 2.24) is 0 Å². The second-order valence-corrected chi connectivity index (χ2v) is 3.90. The summed E-state index contributed by atoms with van der Waals surface area (Å²) in [5.41, 5.74) is 0.273. The third-order valence-electron chi connectivity index (χ3n) is 2.82. The van der Waals surface area contributed by atoms with E-state index in [4.69, 9.17) is 5.11 Å². The van der Waals surface area contributed by atoms with E-state index in [9.17, 15) is 13.2 Å². The third kappa shape index (κ3) is 2.15. The van der Waals surface area contributed by atoms with Crippen molar-refractivity contribution in [3.8, 4) is 0 Å². The highest BCUT2D eigenvalue weighted by Crippen LogP contribution is 2.47. The van der Waals surface area contributed by atoms with Crippen molar-refractivity contribution in [2.24, 2.45) is 5.92 Å². The van der Waals surface area contributed by atoms with Gasteiger partial charge in [-0.05, 0) is 36.0 Å². The molecule has 0 amide bonds. The predicted octanol–water partition coefficient (Wildman–Crippen LogP) is 2.80. The molecule has 0 bridgehead atoms. The molecule has 1 N–H and O–H groups in total. The summed E-state index contributed by atoms with van der Waals surface area (Å²) in [6, 6.07) is 5.20. The fourth-order valence-corrected chi connectivity index (χ4v) is 1.78. The Kier molecular flexibility index (Phi) is 2.46. The predicted molar refractivity (Wildman–Crippen MR) is 49.4 cm³/mol. The fraction of sp³-hybridized carbons (Fsp3) is 0.455. The van der Waals surface area contributed by atoms with Crippen LogP contribution < -0.4 is 0 Å². The Morgan fingerprint density at radius 2 is 1.80 bits per heavy atom. The Morgan fingerprint density at radius 3 is 2.20 bits per heavy atom. The zero-order valence-corrected chi connectivity index (χ0v) is 7.96. The first kappa shape index (κ1) is 10.5. The van der Waals surface area contributed by atoms with Gasteiger partial charge in [-0.3, -0.25) is 0 Å². The van der Waals surface area contributed by atoms with Crippen LogP contribution in [0, 0.1) is 5.92 Å². The van der Waals surface area contributed by atoms with Crippen LogP contribution in [0.3, 0.4) is 0 Å². The number of rotatable bonds is 2. The Hall–Kier alpha value is -1.03. The maximum atomic E-state index is 12.2. The molecule has 1 fully saturated rings. The molecule has 1 nitrogen and oxygen atoms in total. The average Bonchev–Trinajstić information content (AvgIpc) is 2.95. The lowest BCUT2D eigenvalue weighted by molar-refractivity contribution is -0.137. The molecule has 15 heavy (non-hydrogen) atoms. The van der Waals surface area contributed by atoms with E-state index in [0.29, 0.717) is 0 Å². The van der Waals surface area contributed by atoms with Crippen molar-refractivity contribution in [3.05, 3.63) is 35.4 Å². The van der Waals surface area contributed by atoms with Gasteiger partial charge < -0.3 is 5.11 Å². The monoisotopic (exact) mass is 216 g/mol. The molecule has 2 rings (SSSR count). The molecule has 0 spiro atoms. The maximum Gasteiger partial charge on any atom is 0.416 e. The minimum Gasteiger partial charge on any atom is -0.396 e. The highest BCUT2D eigenvalue weighted by Gasteiger charge is 2.38. The first-order valence-corrected chi connectivity index (χ1v) is 4.80. The molecule has 0 aliphatic heterocycles. The van der Waals surface area contributed by atoms with E-state index in [-0.39, 0.29) is 18.4 Å². The zero-order chi connectivity index (χ0) is 11.1. The normalized spacial score (nSPS) is 25.3. The maximum absolute atomic E-state index is 12.2. The SMILES string of the molecule is OC[C@H]1C[C@@H]1c1ccc(C(F)(F)F)cc1. The molecule has 0 radical (unpaired) electrons. The van der Waals surface area contributed by atoms with Crippen LogP contribution in [0.25, 0.3) is 0 Å². The Balaban J connectivity index is 2.12. The topological polar surface area (TPSA) is 20.2 Å². The molecule has 0 saturated heterocycles. The van der Waals surface area contributed by atoms with E-state index in [0.717, 1.165) is 24.1 Å². The van der Waals surface area contributed by atoms with Crippen LogP contribution in [0.4, 0.5) is 13.2 Å².